The Balaban J connectivity index is 2.14. The molecule has 17 heavy (non-hydrogen) atoms. The molecule has 94 valence electrons. The van der Waals surface area contributed by atoms with Gasteiger partial charge in [-0.1, -0.05) is 0 Å². The van der Waals surface area contributed by atoms with Gasteiger partial charge in [-0.3, -0.25) is 0 Å². The summed E-state index contributed by atoms with van der Waals surface area (Å²) in [5, 5.41) is 3.31. The van der Waals surface area contributed by atoms with Crippen molar-refractivity contribution in [2.24, 2.45) is 0 Å². The molecule has 0 spiro atoms. The van der Waals surface area contributed by atoms with E-state index in [4.69, 9.17) is 4.74 Å². The fourth-order valence-electron chi connectivity index (χ4n) is 2.72. The van der Waals surface area contributed by atoms with Gasteiger partial charge < -0.3 is 10.1 Å². The summed E-state index contributed by atoms with van der Waals surface area (Å²) < 4.78 is 18.6. The molecule has 1 aliphatic rings. The Morgan fingerprint density at radius 3 is 2.53 bits per heavy atom. The first-order valence-electron chi connectivity index (χ1n) is 6.25. The van der Waals surface area contributed by atoms with E-state index in [0.29, 0.717) is 12.0 Å². The van der Waals surface area contributed by atoms with Gasteiger partial charge in [-0.2, -0.15) is 0 Å². The van der Waals surface area contributed by atoms with Crippen LogP contribution in [0.25, 0.3) is 0 Å². The van der Waals surface area contributed by atoms with Crippen molar-refractivity contribution in [3.05, 3.63) is 29.6 Å². The first kappa shape index (κ1) is 12.4. The van der Waals surface area contributed by atoms with Crippen LogP contribution in [0.5, 0.6) is 5.75 Å². The number of ether oxygens (including phenoxy) is 1. The van der Waals surface area contributed by atoms with Crippen molar-refractivity contribution in [1.82, 2.24) is 5.32 Å². The molecule has 2 rings (SSSR count). The lowest BCUT2D eigenvalue weighted by atomic mass is 9.81. The molecule has 3 heteroatoms. The van der Waals surface area contributed by atoms with Gasteiger partial charge >= 0.3 is 0 Å². The monoisotopic (exact) mass is 237 g/mol. The quantitative estimate of drug-likeness (QED) is 0.872. The zero-order chi connectivity index (χ0) is 12.3. The molecule has 0 atom stereocenters. The Hall–Kier alpha value is -1.09. The number of hydrogen-bond acceptors (Lipinski definition) is 2. The van der Waals surface area contributed by atoms with E-state index in [1.54, 1.807) is 19.2 Å². The molecule has 0 amide bonds. The predicted molar refractivity (Wildman–Crippen MR) is 67.0 cm³/mol. The summed E-state index contributed by atoms with van der Waals surface area (Å²) in [7, 11) is 3.66. The average molecular weight is 237 g/mol. The Morgan fingerprint density at radius 2 is 1.94 bits per heavy atom. The van der Waals surface area contributed by atoms with E-state index in [-0.39, 0.29) is 5.82 Å². The van der Waals surface area contributed by atoms with E-state index >= 15 is 0 Å². The van der Waals surface area contributed by atoms with Gasteiger partial charge in [0, 0.05) is 11.6 Å². The van der Waals surface area contributed by atoms with Crippen LogP contribution in [0.3, 0.4) is 0 Å². The molecule has 1 saturated carbocycles. The summed E-state index contributed by atoms with van der Waals surface area (Å²) >= 11 is 0. The Labute approximate surface area is 102 Å². The van der Waals surface area contributed by atoms with Crippen LogP contribution in [-0.2, 0) is 0 Å². The molecule has 1 N–H and O–H groups in total. The SMILES string of the molecule is CNC1CCC(c2cc(F)ccc2OC)CC1. The van der Waals surface area contributed by atoms with Crippen LogP contribution in [0.15, 0.2) is 18.2 Å². The molecule has 1 aromatic rings. The van der Waals surface area contributed by atoms with Gasteiger partial charge in [0.1, 0.15) is 11.6 Å². The van der Waals surface area contributed by atoms with E-state index < -0.39 is 0 Å². The van der Waals surface area contributed by atoms with E-state index in [9.17, 15) is 4.39 Å². The number of methoxy groups -OCH3 is 1. The molecule has 0 saturated heterocycles. The standard InChI is InChI=1S/C14H20FNO/c1-16-12-6-3-10(4-7-12)13-9-11(15)5-8-14(13)17-2/h5,8-10,12,16H,3-4,6-7H2,1-2H3. The van der Waals surface area contributed by atoms with Crippen LogP contribution >= 0.6 is 0 Å². The molecule has 0 radical (unpaired) electrons. The summed E-state index contributed by atoms with van der Waals surface area (Å²) in [6, 6.07) is 5.44. The largest absolute Gasteiger partial charge is 0.496 e. The van der Waals surface area contributed by atoms with Gasteiger partial charge in [-0.25, -0.2) is 4.39 Å². The van der Waals surface area contributed by atoms with Crippen molar-refractivity contribution in [2.75, 3.05) is 14.2 Å². The van der Waals surface area contributed by atoms with Crippen LogP contribution in [0.4, 0.5) is 4.39 Å². The fraction of sp³-hybridized carbons (Fsp3) is 0.571. The molecular weight excluding hydrogens is 217 g/mol. The van der Waals surface area contributed by atoms with Gasteiger partial charge in [0.15, 0.2) is 0 Å². The number of benzene rings is 1. The third-order valence-corrected chi connectivity index (χ3v) is 3.77. The minimum Gasteiger partial charge on any atom is -0.496 e. The minimum absolute atomic E-state index is 0.170. The van der Waals surface area contributed by atoms with Crippen LogP contribution in [0, 0.1) is 5.82 Å². The van der Waals surface area contributed by atoms with Crippen molar-refractivity contribution in [1.29, 1.82) is 0 Å². The maximum atomic E-state index is 13.3. The molecule has 0 aromatic heterocycles. The lowest BCUT2D eigenvalue weighted by Gasteiger charge is -2.29. The normalized spacial score (nSPS) is 24.6. The molecule has 0 unspecified atom stereocenters. The maximum Gasteiger partial charge on any atom is 0.123 e. The minimum atomic E-state index is -0.170. The van der Waals surface area contributed by atoms with Crippen LogP contribution < -0.4 is 10.1 Å². The molecule has 1 aromatic carbocycles. The van der Waals surface area contributed by atoms with Crippen molar-refractivity contribution in [2.45, 2.75) is 37.6 Å². The highest BCUT2D eigenvalue weighted by molar-refractivity contribution is 5.37. The molecule has 1 fully saturated rings. The number of nitrogens with one attached hydrogen (secondary N) is 1. The van der Waals surface area contributed by atoms with Gasteiger partial charge in [0.2, 0.25) is 0 Å². The third kappa shape index (κ3) is 2.78. The number of halogens is 1. The molecule has 0 bridgehead atoms. The van der Waals surface area contributed by atoms with E-state index in [2.05, 4.69) is 5.32 Å². The van der Waals surface area contributed by atoms with Crippen molar-refractivity contribution >= 4 is 0 Å². The zero-order valence-corrected chi connectivity index (χ0v) is 10.5. The second kappa shape index (κ2) is 5.50. The van der Waals surface area contributed by atoms with Crippen LogP contribution in [0.1, 0.15) is 37.2 Å². The first-order valence-corrected chi connectivity index (χ1v) is 6.25. The number of rotatable bonds is 3. The topological polar surface area (TPSA) is 21.3 Å². The Bertz CT molecular complexity index is 372. The molecule has 2 nitrogen and oxygen atoms in total. The first-order chi connectivity index (χ1) is 8.24. The fourth-order valence-corrected chi connectivity index (χ4v) is 2.72. The van der Waals surface area contributed by atoms with Crippen molar-refractivity contribution < 1.29 is 9.13 Å². The third-order valence-electron chi connectivity index (χ3n) is 3.77. The highest BCUT2D eigenvalue weighted by Crippen LogP contribution is 2.37. The zero-order valence-electron chi connectivity index (χ0n) is 10.5. The van der Waals surface area contributed by atoms with Gasteiger partial charge in [0.25, 0.3) is 0 Å². The highest BCUT2D eigenvalue weighted by Gasteiger charge is 2.23. The second-order valence-electron chi connectivity index (χ2n) is 4.72. The van der Waals surface area contributed by atoms with Gasteiger partial charge in [0.05, 0.1) is 7.11 Å². The van der Waals surface area contributed by atoms with E-state index in [1.807, 2.05) is 7.05 Å². The van der Waals surface area contributed by atoms with Crippen LogP contribution in [0.2, 0.25) is 0 Å². The van der Waals surface area contributed by atoms with E-state index in [0.717, 1.165) is 37.0 Å². The molecule has 1 aliphatic carbocycles. The Kier molecular flexibility index (Phi) is 4.00. The van der Waals surface area contributed by atoms with Crippen molar-refractivity contribution in [3.8, 4) is 5.75 Å². The smallest absolute Gasteiger partial charge is 0.123 e. The lowest BCUT2D eigenvalue weighted by molar-refractivity contribution is 0.344. The summed E-state index contributed by atoms with van der Waals surface area (Å²) in [5.41, 5.74) is 1.03. The van der Waals surface area contributed by atoms with Gasteiger partial charge in [-0.05, 0) is 56.8 Å². The predicted octanol–water partition coefficient (Wildman–Crippen LogP) is 3.08. The summed E-state index contributed by atoms with van der Waals surface area (Å²) in [4.78, 5) is 0. The average Bonchev–Trinajstić information content (AvgIpc) is 2.39. The number of hydrogen-bond donors (Lipinski definition) is 1. The maximum absolute atomic E-state index is 13.3. The lowest BCUT2D eigenvalue weighted by Crippen LogP contribution is -2.29. The van der Waals surface area contributed by atoms with Crippen molar-refractivity contribution in [3.63, 3.8) is 0 Å². The summed E-state index contributed by atoms with van der Waals surface area (Å²) in [6.45, 7) is 0. The second-order valence-corrected chi connectivity index (χ2v) is 4.72. The van der Waals surface area contributed by atoms with E-state index in [1.165, 1.54) is 6.07 Å². The highest BCUT2D eigenvalue weighted by atomic mass is 19.1. The van der Waals surface area contributed by atoms with Crippen LogP contribution in [-0.4, -0.2) is 20.2 Å². The molecular formula is C14H20FNO. The molecule has 0 heterocycles. The molecule has 0 aliphatic heterocycles. The Morgan fingerprint density at radius 1 is 1.24 bits per heavy atom. The van der Waals surface area contributed by atoms with Gasteiger partial charge in [-0.15, -0.1) is 0 Å². The summed E-state index contributed by atoms with van der Waals surface area (Å²) in [5.74, 6) is 1.08. The summed E-state index contributed by atoms with van der Waals surface area (Å²) in [6.07, 6.45) is 4.51.